The van der Waals surface area contributed by atoms with Crippen molar-refractivity contribution in [2.75, 3.05) is 0 Å². The zero-order valence-corrected chi connectivity index (χ0v) is 21.1. The van der Waals surface area contributed by atoms with Gasteiger partial charge in [0.15, 0.2) is 5.82 Å². The quantitative estimate of drug-likeness (QED) is 0.107. The van der Waals surface area contributed by atoms with E-state index in [0.717, 1.165) is 15.6 Å². The van der Waals surface area contributed by atoms with E-state index in [-0.39, 0.29) is 5.56 Å². The molecule has 1 aromatic heterocycles. The van der Waals surface area contributed by atoms with Crippen LogP contribution >= 0.6 is 15.9 Å². The van der Waals surface area contributed by atoms with Crippen molar-refractivity contribution >= 4 is 45.1 Å². The number of benzene rings is 4. The average molecular weight is 550 g/mol. The highest BCUT2D eigenvalue weighted by Gasteiger charge is 2.13. The molecule has 7 heteroatoms. The van der Waals surface area contributed by atoms with E-state index in [1.807, 2.05) is 60.7 Å². The van der Waals surface area contributed by atoms with Gasteiger partial charge in [-0.25, -0.2) is 9.78 Å². The van der Waals surface area contributed by atoms with Crippen molar-refractivity contribution < 1.29 is 9.53 Å². The number of hydrogen-bond donors (Lipinski definition) is 0. The van der Waals surface area contributed by atoms with Gasteiger partial charge in [-0.2, -0.15) is 9.78 Å². The van der Waals surface area contributed by atoms with Gasteiger partial charge in [0.25, 0.3) is 5.56 Å². The molecule has 4 aromatic carbocycles. The highest BCUT2D eigenvalue weighted by atomic mass is 79.9. The van der Waals surface area contributed by atoms with E-state index in [2.05, 4.69) is 21.0 Å². The molecule has 1 heterocycles. The zero-order chi connectivity index (χ0) is 25.6. The second kappa shape index (κ2) is 11.0. The monoisotopic (exact) mass is 549 g/mol. The summed E-state index contributed by atoms with van der Waals surface area (Å²) in [6, 6.07) is 31.1. The fraction of sp³-hybridized carbons (Fsp3) is 0. The summed E-state index contributed by atoms with van der Waals surface area (Å²) in [6.07, 6.45) is 4.54. The number of fused-ring (bicyclic) bond motifs is 1. The highest BCUT2D eigenvalue weighted by molar-refractivity contribution is 9.10. The lowest BCUT2D eigenvalue weighted by atomic mass is 10.2. The number of esters is 1. The number of carbonyl (C=O) groups is 1. The maximum Gasteiger partial charge on any atom is 0.336 e. The molecule has 0 radical (unpaired) electrons. The molecule has 0 bridgehead atoms. The van der Waals surface area contributed by atoms with Gasteiger partial charge in [-0.15, -0.1) is 0 Å². The molecule has 5 rings (SSSR count). The van der Waals surface area contributed by atoms with Crippen molar-refractivity contribution in [1.29, 1.82) is 0 Å². The van der Waals surface area contributed by atoms with Crippen molar-refractivity contribution in [2.45, 2.75) is 0 Å². The molecule has 37 heavy (non-hydrogen) atoms. The SMILES string of the molecule is O=C(/C=C/c1ccccc1)Oc1ccccc1C=Nn1c(-c2ccc(Br)cc2)nc2ccccc2c1=O. The Morgan fingerprint density at radius 1 is 0.865 bits per heavy atom. The van der Waals surface area contributed by atoms with Gasteiger partial charge in [0.2, 0.25) is 0 Å². The van der Waals surface area contributed by atoms with Crippen LogP contribution in [0.3, 0.4) is 0 Å². The molecule has 5 aromatic rings. The van der Waals surface area contributed by atoms with Gasteiger partial charge in [0.1, 0.15) is 5.75 Å². The largest absolute Gasteiger partial charge is 0.423 e. The van der Waals surface area contributed by atoms with Crippen molar-refractivity contribution in [1.82, 2.24) is 9.66 Å². The third-order valence-electron chi connectivity index (χ3n) is 5.51. The summed E-state index contributed by atoms with van der Waals surface area (Å²) in [5.74, 6) is 0.193. The molecule has 0 N–H and O–H groups in total. The number of halogens is 1. The van der Waals surface area contributed by atoms with E-state index in [1.54, 1.807) is 48.5 Å². The Morgan fingerprint density at radius 3 is 2.38 bits per heavy atom. The van der Waals surface area contributed by atoms with E-state index in [9.17, 15) is 9.59 Å². The van der Waals surface area contributed by atoms with Crippen LogP contribution in [0.15, 0.2) is 124 Å². The zero-order valence-electron chi connectivity index (χ0n) is 19.5. The number of hydrogen-bond acceptors (Lipinski definition) is 5. The molecule has 0 unspecified atom stereocenters. The fourth-order valence-corrected chi connectivity index (χ4v) is 3.95. The van der Waals surface area contributed by atoms with Crippen LogP contribution in [0.4, 0.5) is 0 Å². The Morgan fingerprint density at radius 2 is 1.57 bits per heavy atom. The Kier molecular flexibility index (Phi) is 7.14. The minimum absolute atomic E-state index is 0.306. The van der Waals surface area contributed by atoms with Gasteiger partial charge in [0.05, 0.1) is 17.1 Å². The number of carbonyl (C=O) groups excluding carboxylic acids is 1. The van der Waals surface area contributed by atoms with Crippen molar-refractivity contribution in [3.05, 3.63) is 135 Å². The lowest BCUT2D eigenvalue weighted by Crippen LogP contribution is -2.20. The summed E-state index contributed by atoms with van der Waals surface area (Å²) < 4.78 is 7.73. The Hall–Kier alpha value is -4.62. The topological polar surface area (TPSA) is 73.5 Å². The summed E-state index contributed by atoms with van der Waals surface area (Å²) in [7, 11) is 0. The Bertz CT molecular complexity index is 1690. The first kappa shape index (κ1) is 24.1. The third-order valence-corrected chi connectivity index (χ3v) is 6.04. The molecule has 0 amide bonds. The lowest BCUT2D eigenvalue weighted by molar-refractivity contribution is -0.128. The van der Waals surface area contributed by atoms with Crippen LogP contribution < -0.4 is 10.3 Å². The van der Waals surface area contributed by atoms with Crippen LogP contribution in [-0.2, 0) is 4.79 Å². The van der Waals surface area contributed by atoms with Crippen LogP contribution in [0.2, 0.25) is 0 Å². The smallest absolute Gasteiger partial charge is 0.336 e. The van der Waals surface area contributed by atoms with Crippen LogP contribution in [0.25, 0.3) is 28.4 Å². The lowest BCUT2D eigenvalue weighted by Gasteiger charge is -2.10. The van der Waals surface area contributed by atoms with Crippen LogP contribution in [-0.4, -0.2) is 21.8 Å². The van der Waals surface area contributed by atoms with E-state index >= 15 is 0 Å². The maximum absolute atomic E-state index is 13.4. The minimum Gasteiger partial charge on any atom is -0.423 e. The normalized spacial score (nSPS) is 11.4. The molecule has 0 saturated heterocycles. The standard InChI is InChI=1S/C30H20BrN3O3/c31-24-17-15-22(16-18-24)29-33-26-12-6-5-11-25(26)30(36)34(29)32-20-23-10-4-7-13-27(23)37-28(35)19-14-21-8-2-1-3-9-21/h1-20H/b19-14+,32-20?. The van der Waals surface area contributed by atoms with Gasteiger partial charge in [-0.3, -0.25) is 4.79 Å². The summed E-state index contributed by atoms with van der Waals surface area (Å²) in [5, 5.41) is 4.93. The number of rotatable bonds is 6. The van der Waals surface area contributed by atoms with Gasteiger partial charge in [-0.1, -0.05) is 82.7 Å². The van der Waals surface area contributed by atoms with Gasteiger partial charge >= 0.3 is 5.97 Å². The van der Waals surface area contributed by atoms with Gasteiger partial charge in [0, 0.05) is 21.7 Å². The maximum atomic E-state index is 13.4. The predicted molar refractivity (Wildman–Crippen MR) is 150 cm³/mol. The first-order valence-corrected chi connectivity index (χ1v) is 12.2. The van der Waals surface area contributed by atoms with Crippen LogP contribution in [0, 0.1) is 0 Å². The number of para-hydroxylation sites is 2. The second-order valence-corrected chi connectivity index (χ2v) is 8.94. The number of nitrogens with zero attached hydrogens (tertiary/aromatic N) is 3. The third kappa shape index (κ3) is 5.63. The van der Waals surface area contributed by atoms with E-state index in [1.165, 1.54) is 17.0 Å². The predicted octanol–water partition coefficient (Wildman–Crippen LogP) is 6.33. The summed E-state index contributed by atoms with van der Waals surface area (Å²) in [6.45, 7) is 0. The van der Waals surface area contributed by atoms with E-state index in [4.69, 9.17) is 9.72 Å². The molecular weight excluding hydrogens is 530 g/mol. The minimum atomic E-state index is -0.523. The Labute approximate surface area is 221 Å². The van der Waals surface area contributed by atoms with Crippen LogP contribution in [0.5, 0.6) is 5.75 Å². The first-order chi connectivity index (χ1) is 18.1. The molecule has 180 valence electrons. The van der Waals surface area contributed by atoms with Crippen LogP contribution in [0.1, 0.15) is 11.1 Å². The molecule has 0 aliphatic carbocycles. The number of ether oxygens (including phenoxy) is 1. The first-order valence-electron chi connectivity index (χ1n) is 11.4. The number of aromatic nitrogens is 2. The van der Waals surface area contributed by atoms with Crippen molar-refractivity contribution in [3.8, 4) is 17.1 Å². The molecule has 0 aliphatic rings. The molecule has 0 atom stereocenters. The summed E-state index contributed by atoms with van der Waals surface area (Å²) >= 11 is 3.44. The Balaban J connectivity index is 1.50. The van der Waals surface area contributed by atoms with Gasteiger partial charge in [-0.05, 0) is 48.0 Å². The average Bonchev–Trinajstić information content (AvgIpc) is 2.93. The summed E-state index contributed by atoms with van der Waals surface area (Å²) in [4.78, 5) is 30.6. The summed E-state index contributed by atoms with van der Waals surface area (Å²) in [5.41, 5.74) is 2.43. The molecule has 0 aliphatic heterocycles. The van der Waals surface area contributed by atoms with E-state index in [0.29, 0.717) is 28.0 Å². The van der Waals surface area contributed by atoms with Crippen molar-refractivity contribution in [3.63, 3.8) is 0 Å². The highest BCUT2D eigenvalue weighted by Crippen LogP contribution is 2.22. The van der Waals surface area contributed by atoms with Crippen molar-refractivity contribution in [2.24, 2.45) is 5.10 Å². The van der Waals surface area contributed by atoms with E-state index < -0.39 is 5.97 Å². The molecule has 0 saturated carbocycles. The molecule has 0 spiro atoms. The van der Waals surface area contributed by atoms with Gasteiger partial charge < -0.3 is 4.74 Å². The second-order valence-electron chi connectivity index (χ2n) is 8.02. The molecular formula is C30H20BrN3O3. The fourth-order valence-electron chi connectivity index (χ4n) is 3.69. The molecule has 6 nitrogen and oxygen atoms in total. The molecule has 0 fully saturated rings.